The van der Waals surface area contributed by atoms with Crippen molar-refractivity contribution in [2.24, 2.45) is 11.7 Å². The van der Waals surface area contributed by atoms with E-state index >= 15 is 0 Å². The molecule has 2 N–H and O–H groups in total. The number of carbonyl (C=O) groups is 2. The van der Waals surface area contributed by atoms with Crippen molar-refractivity contribution in [1.29, 1.82) is 0 Å². The molecule has 6 heteroatoms. The minimum Gasteiger partial charge on any atom is -0.468 e. The zero-order chi connectivity index (χ0) is 15.4. The van der Waals surface area contributed by atoms with Gasteiger partial charge >= 0.3 is 0 Å². The second kappa shape index (κ2) is 6.76. The van der Waals surface area contributed by atoms with Crippen LogP contribution < -0.4 is 5.73 Å². The van der Waals surface area contributed by atoms with Crippen molar-refractivity contribution in [3.05, 3.63) is 24.2 Å². The number of primary amides is 1. The van der Waals surface area contributed by atoms with Crippen LogP contribution in [0.15, 0.2) is 22.8 Å². The minimum absolute atomic E-state index is 0.0482. The molecule has 1 aliphatic rings. The number of carbonyl (C=O) groups excluding carboxylic acids is 2. The molecule has 0 saturated carbocycles. The van der Waals surface area contributed by atoms with Crippen molar-refractivity contribution in [2.45, 2.75) is 25.8 Å². The van der Waals surface area contributed by atoms with Crippen molar-refractivity contribution in [1.82, 2.24) is 9.80 Å². The topological polar surface area (TPSA) is 79.8 Å². The summed E-state index contributed by atoms with van der Waals surface area (Å²) in [7, 11) is 1.90. The summed E-state index contributed by atoms with van der Waals surface area (Å²) < 4.78 is 5.37. The van der Waals surface area contributed by atoms with Gasteiger partial charge in [0.1, 0.15) is 5.76 Å². The van der Waals surface area contributed by atoms with Crippen LogP contribution in [-0.4, -0.2) is 48.3 Å². The number of likely N-dealkylation sites (N-methyl/N-ethyl adjacent to an activating group) is 1. The van der Waals surface area contributed by atoms with E-state index in [1.54, 1.807) is 6.26 Å². The average molecular weight is 293 g/mol. The summed E-state index contributed by atoms with van der Waals surface area (Å²) in [5, 5.41) is 0. The molecule has 2 amide bonds. The first-order valence-corrected chi connectivity index (χ1v) is 7.29. The fourth-order valence-corrected chi connectivity index (χ4v) is 2.61. The monoisotopic (exact) mass is 293 g/mol. The van der Waals surface area contributed by atoms with E-state index in [1.165, 1.54) is 0 Å². The Kier molecular flexibility index (Phi) is 5.01. The Morgan fingerprint density at radius 3 is 2.67 bits per heavy atom. The number of piperidine rings is 1. The average Bonchev–Trinajstić information content (AvgIpc) is 3.00. The number of likely N-dealkylation sites (tertiary alicyclic amines) is 1. The maximum Gasteiger partial charge on any atom is 0.236 e. The third-order valence-electron chi connectivity index (χ3n) is 4.25. The molecule has 0 aromatic carbocycles. The molecular weight excluding hydrogens is 270 g/mol. The highest BCUT2D eigenvalue weighted by Gasteiger charge is 2.27. The van der Waals surface area contributed by atoms with Gasteiger partial charge in [-0.25, -0.2) is 0 Å². The lowest BCUT2D eigenvalue weighted by Gasteiger charge is -2.32. The number of amides is 2. The predicted octanol–water partition coefficient (Wildman–Crippen LogP) is 0.996. The normalized spacial score (nSPS) is 18.0. The van der Waals surface area contributed by atoms with Gasteiger partial charge in [-0.15, -0.1) is 0 Å². The Morgan fingerprint density at radius 2 is 2.14 bits per heavy atom. The van der Waals surface area contributed by atoms with E-state index in [4.69, 9.17) is 10.2 Å². The molecule has 1 fully saturated rings. The van der Waals surface area contributed by atoms with Gasteiger partial charge in [0.25, 0.3) is 0 Å². The molecule has 0 bridgehead atoms. The van der Waals surface area contributed by atoms with Gasteiger partial charge in [-0.2, -0.15) is 0 Å². The summed E-state index contributed by atoms with van der Waals surface area (Å²) >= 11 is 0. The molecule has 1 saturated heterocycles. The van der Waals surface area contributed by atoms with Crippen LogP contribution in [0.25, 0.3) is 0 Å². The van der Waals surface area contributed by atoms with Gasteiger partial charge in [0.05, 0.1) is 18.8 Å². The predicted molar refractivity (Wildman–Crippen MR) is 78.3 cm³/mol. The molecule has 1 atom stereocenters. The number of nitrogens with two attached hydrogens (primary N) is 1. The third-order valence-corrected chi connectivity index (χ3v) is 4.25. The molecule has 0 spiro atoms. The zero-order valence-electron chi connectivity index (χ0n) is 12.6. The van der Waals surface area contributed by atoms with Crippen molar-refractivity contribution in [3.63, 3.8) is 0 Å². The van der Waals surface area contributed by atoms with E-state index in [-0.39, 0.29) is 23.8 Å². The molecule has 1 aromatic heterocycles. The highest BCUT2D eigenvalue weighted by Crippen LogP contribution is 2.20. The molecule has 2 rings (SSSR count). The van der Waals surface area contributed by atoms with E-state index in [1.807, 2.05) is 35.9 Å². The number of hydrogen-bond acceptors (Lipinski definition) is 4. The van der Waals surface area contributed by atoms with Gasteiger partial charge in [0.15, 0.2) is 0 Å². The van der Waals surface area contributed by atoms with Gasteiger partial charge < -0.3 is 15.1 Å². The summed E-state index contributed by atoms with van der Waals surface area (Å²) in [6, 6.07) is 3.80. The first-order valence-electron chi connectivity index (χ1n) is 7.29. The summed E-state index contributed by atoms with van der Waals surface area (Å²) in [4.78, 5) is 27.2. The first-order chi connectivity index (χ1) is 9.99. The van der Waals surface area contributed by atoms with Crippen LogP contribution in [0.3, 0.4) is 0 Å². The second-order valence-corrected chi connectivity index (χ2v) is 5.66. The fraction of sp³-hybridized carbons (Fsp3) is 0.600. The Labute approximate surface area is 124 Å². The lowest BCUT2D eigenvalue weighted by Crippen LogP contribution is -2.45. The van der Waals surface area contributed by atoms with Gasteiger partial charge in [0.2, 0.25) is 11.8 Å². The SMILES string of the molecule is CC(c1ccco1)N(C)CC(=O)N1CCC(C(N)=O)CC1. The largest absolute Gasteiger partial charge is 0.468 e. The first kappa shape index (κ1) is 15.6. The van der Waals surface area contributed by atoms with Crippen LogP contribution in [0.4, 0.5) is 0 Å². The fourth-order valence-electron chi connectivity index (χ4n) is 2.61. The lowest BCUT2D eigenvalue weighted by molar-refractivity contribution is -0.136. The molecule has 1 aliphatic heterocycles. The smallest absolute Gasteiger partial charge is 0.236 e. The molecule has 6 nitrogen and oxygen atoms in total. The Bertz CT molecular complexity index is 478. The van der Waals surface area contributed by atoms with Gasteiger partial charge in [-0.3, -0.25) is 14.5 Å². The van der Waals surface area contributed by atoms with Crippen molar-refractivity contribution >= 4 is 11.8 Å². The molecule has 0 aliphatic carbocycles. The molecule has 2 heterocycles. The van der Waals surface area contributed by atoms with Crippen LogP contribution in [0, 0.1) is 5.92 Å². The number of hydrogen-bond donors (Lipinski definition) is 1. The molecule has 21 heavy (non-hydrogen) atoms. The van der Waals surface area contributed by atoms with Gasteiger partial charge in [-0.1, -0.05) is 0 Å². The van der Waals surface area contributed by atoms with Gasteiger partial charge in [0, 0.05) is 19.0 Å². The van der Waals surface area contributed by atoms with E-state index in [9.17, 15) is 9.59 Å². The summed E-state index contributed by atoms with van der Waals surface area (Å²) in [5.41, 5.74) is 5.30. The maximum atomic E-state index is 12.3. The molecule has 116 valence electrons. The highest BCUT2D eigenvalue weighted by molar-refractivity contribution is 5.80. The quantitative estimate of drug-likeness (QED) is 0.878. The molecule has 1 unspecified atom stereocenters. The van der Waals surface area contributed by atoms with Crippen LogP contribution >= 0.6 is 0 Å². The molecule has 0 radical (unpaired) electrons. The Morgan fingerprint density at radius 1 is 1.48 bits per heavy atom. The van der Waals surface area contributed by atoms with Crippen molar-refractivity contribution in [3.8, 4) is 0 Å². The summed E-state index contributed by atoms with van der Waals surface area (Å²) in [5.74, 6) is 0.580. The molecule has 1 aromatic rings. The van der Waals surface area contributed by atoms with Crippen LogP contribution in [0.1, 0.15) is 31.6 Å². The summed E-state index contributed by atoms with van der Waals surface area (Å²) in [6.07, 6.45) is 2.97. The number of rotatable bonds is 5. The Balaban J connectivity index is 1.83. The van der Waals surface area contributed by atoms with E-state index < -0.39 is 0 Å². The maximum absolute atomic E-state index is 12.3. The van der Waals surface area contributed by atoms with Crippen molar-refractivity contribution in [2.75, 3.05) is 26.7 Å². The van der Waals surface area contributed by atoms with Crippen LogP contribution in [0.5, 0.6) is 0 Å². The third kappa shape index (κ3) is 3.85. The lowest BCUT2D eigenvalue weighted by atomic mass is 9.96. The van der Waals surface area contributed by atoms with E-state index in [0.717, 1.165) is 5.76 Å². The minimum atomic E-state index is -0.259. The zero-order valence-corrected chi connectivity index (χ0v) is 12.6. The highest BCUT2D eigenvalue weighted by atomic mass is 16.3. The van der Waals surface area contributed by atoms with Gasteiger partial charge in [-0.05, 0) is 38.9 Å². The standard InChI is InChI=1S/C15H23N3O3/c1-11(13-4-3-9-21-13)17(2)10-14(19)18-7-5-12(6-8-18)15(16)20/h3-4,9,11-12H,5-8,10H2,1-2H3,(H2,16,20). The second-order valence-electron chi connectivity index (χ2n) is 5.66. The van der Waals surface area contributed by atoms with Crippen LogP contribution in [0.2, 0.25) is 0 Å². The van der Waals surface area contributed by atoms with Crippen molar-refractivity contribution < 1.29 is 14.0 Å². The van der Waals surface area contributed by atoms with Crippen LogP contribution in [-0.2, 0) is 9.59 Å². The van der Waals surface area contributed by atoms with E-state index in [0.29, 0.717) is 32.5 Å². The number of nitrogens with zero attached hydrogens (tertiary/aromatic N) is 2. The van der Waals surface area contributed by atoms with E-state index in [2.05, 4.69) is 0 Å². The summed E-state index contributed by atoms with van der Waals surface area (Å²) in [6.45, 7) is 3.55. The number of furan rings is 1. The molecular formula is C15H23N3O3. The Hall–Kier alpha value is -1.82.